The molecule has 0 aliphatic heterocycles. The van der Waals surface area contributed by atoms with Gasteiger partial charge in [0, 0.05) is 0 Å². The first kappa shape index (κ1) is 11.0. The van der Waals surface area contributed by atoms with E-state index < -0.39 is 5.97 Å². The van der Waals surface area contributed by atoms with Gasteiger partial charge in [0.05, 0.1) is 23.4 Å². The summed E-state index contributed by atoms with van der Waals surface area (Å²) in [5.74, 6) is 4.75. The zero-order chi connectivity index (χ0) is 11.3. The molecule has 15 heavy (non-hydrogen) atoms. The fourth-order valence-corrected chi connectivity index (χ4v) is 1.18. The molecule has 0 amide bonds. The number of hydrogen-bond donors (Lipinski definition) is 2. The molecule has 0 spiro atoms. The summed E-state index contributed by atoms with van der Waals surface area (Å²) >= 11 is 0. The molecule has 0 atom stereocenters. The lowest BCUT2D eigenvalue weighted by Gasteiger charge is -2.08. The van der Waals surface area contributed by atoms with Crippen molar-refractivity contribution in [3.63, 3.8) is 0 Å². The fraction of sp³-hybridized carbons (Fsp3) is 0.200. The first-order chi connectivity index (χ1) is 7.24. The number of esters is 1. The van der Waals surface area contributed by atoms with Crippen LogP contribution in [-0.2, 0) is 4.74 Å². The summed E-state index contributed by atoms with van der Waals surface area (Å²) in [4.78, 5) is 11.5. The summed E-state index contributed by atoms with van der Waals surface area (Å²) in [6.45, 7) is 1.99. The third kappa shape index (κ3) is 2.24. The fourth-order valence-electron chi connectivity index (χ4n) is 1.18. The smallest absolute Gasteiger partial charge is 0.340 e. The van der Waals surface area contributed by atoms with Crippen LogP contribution in [0.4, 0.5) is 5.69 Å². The van der Waals surface area contributed by atoms with Crippen molar-refractivity contribution in [2.45, 2.75) is 6.92 Å². The molecule has 78 valence electrons. The third-order valence-electron chi connectivity index (χ3n) is 1.82. The second-order valence-corrected chi connectivity index (χ2v) is 2.70. The Bertz CT molecular complexity index is 410. The van der Waals surface area contributed by atoms with E-state index in [-0.39, 0.29) is 12.2 Å². The SMILES string of the molecule is CCOC(=O)c1cccc(C#N)c1NN. The van der Waals surface area contributed by atoms with E-state index in [2.05, 4.69) is 5.43 Å². The molecule has 1 aromatic rings. The predicted octanol–water partition coefficient (Wildman–Crippen LogP) is 1.02. The van der Waals surface area contributed by atoms with Crippen LogP contribution < -0.4 is 11.3 Å². The number of carbonyl (C=O) groups excluding carboxylic acids is 1. The van der Waals surface area contributed by atoms with Crippen molar-refractivity contribution < 1.29 is 9.53 Å². The number of carbonyl (C=O) groups is 1. The first-order valence-electron chi connectivity index (χ1n) is 4.41. The Morgan fingerprint density at radius 1 is 1.67 bits per heavy atom. The highest BCUT2D eigenvalue weighted by molar-refractivity contribution is 5.96. The molecule has 1 rings (SSSR count). The van der Waals surface area contributed by atoms with Gasteiger partial charge in [-0.15, -0.1) is 0 Å². The molecule has 0 aliphatic rings. The van der Waals surface area contributed by atoms with Crippen LogP contribution in [0.15, 0.2) is 18.2 Å². The van der Waals surface area contributed by atoms with E-state index in [1.54, 1.807) is 25.1 Å². The van der Waals surface area contributed by atoms with Crippen molar-refractivity contribution in [3.05, 3.63) is 29.3 Å². The number of hydrogen-bond acceptors (Lipinski definition) is 5. The number of ether oxygens (including phenoxy) is 1. The van der Waals surface area contributed by atoms with Crippen LogP contribution >= 0.6 is 0 Å². The van der Waals surface area contributed by atoms with Crippen LogP contribution in [0.2, 0.25) is 0 Å². The minimum Gasteiger partial charge on any atom is -0.462 e. The maximum Gasteiger partial charge on any atom is 0.340 e. The van der Waals surface area contributed by atoms with E-state index >= 15 is 0 Å². The van der Waals surface area contributed by atoms with Gasteiger partial charge < -0.3 is 10.2 Å². The number of anilines is 1. The van der Waals surface area contributed by atoms with E-state index in [9.17, 15) is 4.79 Å². The number of rotatable bonds is 3. The van der Waals surface area contributed by atoms with Crippen LogP contribution in [0.1, 0.15) is 22.8 Å². The van der Waals surface area contributed by atoms with Gasteiger partial charge in [-0.25, -0.2) is 4.79 Å². The van der Waals surface area contributed by atoms with Crippen LogP contribution in [0, 0.1) is 11.3 Å². The molecule has 0 heterocycles. The topological polar surface area (TPSA) is 88.1 Å². The Kier molecular flexibility index (Phi) is 3.66. The van der Waals surface area contributed by atoms with Crippen molar-refractivity contribution in [3.8, 4) is 6.07 Å². The maximum absolute atomic E-state index is 11.5. The number of hydrazine groups is 1. The van der Waals surface area contributed by atoms with Crippen molar-refractivity contribution >= 4 is 11.7 Å². The molecule has 5 nitrogen and oxygen atoms in total. The number of nitrogens with one attached hydrogen (secondary N) is 1. The van der Waals surface area contributed by atoms with Crippen LogP contribution in [-0.4, -0.2) is 12.6 Å². The van der Waals surface area contributed by atoms with E-state index in [0.29, 0.717) is 11.3 Å². The first-order valence-corrected chi connectivity index (χ1v) is 4.41. The van der Waals surface area contributed by atoms with Crippen LogP contribution in [0.25, 0.3) is 0 Å². The Labute approximate surface area is 87.4 Å². The molecule has 0 unspecified atom stereocenters. The number of benzene rings is 1. The van der Waals surface area contributed by atoms with Crippen molar-refractivity contribution in [2.75, 3.05) is 12.0 Å². The van der Waals surface area contributed by atoms with E-state index in [0.717, 1.165) is 0 Å². The molecular formula is C10H11N3O2. The number of nitrogen functional groups attached to an aromatic ring is 1. The van der Waals surface area contributed by atoms with Gasteiger partial charge in [0.25, 0.3) is 0 Å². The molecule has 0 saturated carbocycles. The van der Waals surface area contributed by atoms with Crippen LogP contribution in [0.3, 0.4) is 0 Å². The molecule has 0 fully saturated rings. The normalized spacial score (nSPS) is 9.13. The van der Waals surface area contributed by atoms with Gasteiger partial charge in [0.1, 0.15) is 6.07 Å². The lowest BCUT2D eigenvalue weighted by Crippen LogP contribution is -2.15. The van der Waals surface area contributed by atoms with Crippen molar-refractivity contribution in [2.24, 2.45) is 5.84 Å². The predicted molar refractivity (Wildman–Crippen MR) is 54.9 cm³/mol. The van der Waals surface area contributed by atoms with Gasteiger partial charge in [-0.05, 0) is 19.1 Å². The number of nitrogens with two attached hydrogens (primary N) is 1. The summed E-state index contributed by atoms with van der Waals surface area (Å²) in [7, 11) is 0. The lowest BCUT2D eigenvalue weighted by molar-refractivity contribution is 0.0527. The standard InChI is InChI=1S/C10H11N3O2/c1-2-15-10(14)8-5-3-4-7(6-11)9(8)13-12/h3-5,13H,2,12H2,1H3. The van der Waals surface area contributed by atoms with Gasteiger partial charge in [0.2, 0.25) is 0 Å². The monoisotopic (exact) mass is 205 g/mol. The van der Waals surface area contributed by atoms with Crippen molar-refractivity contribution in [1.82, 2.24) is 0 Å². The summed E-state index contributed by atoms with van der Waals surface area (Å²) in [6.07, 6.45) is 0. The highest BCUT2D eigenvalue weighted by Crippen LogP contribution is 2.20. The quantitative estimate of drug-likeness (QED) is 0.437. The second kappa shape index (κ2) is 4.98. The molecule has 0 saturated heterocycles. The molecule has 3 N–H and O–H groups in total. The molecular weight excluding hydrogens is 194 g/mol. The average Bonchev–Trinajstić information content (AvgIpc) is 2.28. The minimum absolute atomic E-state index is 0.262. The number of nitrogens with zero attached hydrogens (tertiary/aromatic N) is 1. The zero-order valence-electron chi connectivity index (χ0n) is 8.28. The molecule has 0 aromatic heterocycles. The van der Waals surface area contributed by atoms with Crippen molar-refractivity contribution in [1.29, 1.82) is 5.26 Å². The molecule has 5 heteroatoms. The second-order valence-electron chi connectivity index (χ2n) is 2.70. The molecule has 0 aliphatic carbocycles. The van der Waals surface area contributed by atoms with Gasteiger partial charge in [-0.3, -0.25) is 5.84 Å². The Hall–Kier alpha value is -2.06. The lowest BCUT2D eigenvalue weighted by atomic mass is 10.1. The Balaban J connectivity index is 3.18. The third-order valence-corrected chi connectivity index (χ3v) is 1.82. The highest BCUT2D eigenvalue weighted by atomic mass is 16.5. The van der Waals surface area contributed by atoms with E-state index in [1.807, 2.05) is 6.07 Å². The molecule has 0 radical (unpaired) electrons. The van der Waals surface area contributed by atoms with Gasteiger partial charge in [0.15, 0.2) is 0 Å². The zero-order valence-corrected chi connectivity index (χ0v) is 8.28. The largest absolute Gasteiger partial charge is 0.462 e. The Morgan fingerprint density at radius 3 is 2.93 bits per heavy atom. The highest BCUT2D eigenvalue weighted by Gasteiger charge is 2.14. The van der Waals surface area contributed by atoms with Crippen LogP contribution in [0.5, 0.6) is 0 Å². The van der Waals surface area contributed by atoms with Gasteiger partial charge in [-0.2, -0.15) is 5.26 Å². The number of nitriles is 1. The van der Waals surface area contributed by atoms with Gasteiger partial charge >= 0.3 is 5.97 Å². The van der Waals surface area contributed by atoms with E-state index in [1.165, 1.54) is 0 Å². The Morgan fingerprint density at radius 2 is 2.40 bits per heavy atom. The van der Waals surface area contributed by atoms with E-state index in [4.69, 9.17) is 15.8 Å². The summed E-state index contributed by atoms with van der Waals surface area (Å²) < 4.78 is 4.83. The number of para-hydroxylation sites is 1. The summed E-state index contributed by atoms with van der Waals surface area (Å²) in [5.41, 5.74) is 3.19. The molecule has 0 bridgehead atoms. The minimum atomic E-state index is -0.498. The van der Waals surface area contributed by atoms with Gasteiger partial charge in [-0.1, -0.05) is 6.07 Å². The summed E-state index contributed by atoms with van der Waals surface area (Å²) in [5, 5.41) is 8.79. The molecule has 1 aromatic carbocycles. The maximum atomic E-state index is 11.5. The average molecular weight is 205 g/mol. The summed E-state index contributed by atoms with van der Waals surface area (Å²) in [6, 6.07) is 6.65.